The van der Waals surface area contributed by atoms with Crippen LogP contribution in [-0.2, 0) is 24.8 Å². The van der Waals surface area contributed by atoms with E-state index in [2.05, 4.69) is 10.1 Å². The second-order valence-corrected chi connectivity index (χ2v) is 13.1. The molecule has 2 aromatic heterocycles. The minimum absolute atomic E-state index is 0.0435. The number of fused-ring (bicyclic) bond motifs is 1. The highest BCUT2D eigenvalue weighted by molar-refractivity contribution is 5.88. The maximum absolute atomic E-state index is 15.3. The van der Waals surface area contributed by atoms with Crippen molar-refractivity contribution in [3.05, 3.63) is 76.7 Å². The second kappa shape index (κ2) is 13.1. The van der Waals surface area contributed by atoms with Crippen molar-refractivity contribution in [2.24, 2.45) is 12.5 Å². The number of halogens is 5. The first-order chi connectivity index (χ1) is 21.7. The first kappa shape index (κ1) is 35.6. The van der Waals surface area contributed by atoms with Crippen molar-refractivity contribution < 1.29 is 41.3 Å². The van der Waals surface area contributed by atoms with Gasteiger partial charge in [-0.25, -0.2) is 9.18 Å². The minimum Gasteiger partial charge on any atom is -0.489 e. The molecule has 13 heteroatoms. The number of carbonyl (C=O) groups excluding carboxylic acids is 1. The monoisotopic (exact) mass is 662 g/mol. The average Bonchev–Trinajstić information content (AvgIpc) is 3.26. The molecule has 47 heavy (non-hydrogen) atoms. The van der Waals surface area contributed by atoms with Gasteiger partial charge in [0.15, 0.2) is 11.6 Å². The summed E-state index contributed by atoms with van der Waals surface area (Å²) in [5, 5.41) is 15.6. The van der Waals surface area contributed by atoms with Gasteiger partial charge in [0, 0.05) is 55.5 Å². The number of ether oxygens (including phenoxy) is 2. The van der Waals surface area contributed by atoms with Crippen LogP contribution in [0.1, 0.15) is 63.2 Å². The van der Waals surface area contributed by atoms with E-state index < -0.39 is 41.0 Å². The lowest BCUT2D eigenvalue weighted by atomic mass is 9.82. The Labute approximate surface area is 270 Å². The lowest BCUT2D eigenvalue weighted by Crippen LogP contribution is -2.38. The van der Waals surface area contributed by atoms with E-state index in [0.29, 0.717) is 27.7 Å². The topological polar surface area (TPSA) is 89.7 Å². The van der Waals surface area contributed by atoms with Gasteiger partial charge < -0.3 is 19.5 Å². The standard InChI is InChI=1S/C34H39F5N4O4/c1-19-22(28(41-43(19)8)30(44)33(5,6)34(37,38)39)14-16-46-29-23(10-11-25(35)27(29)36)20-9-12-26-24(17-20)21(13-15-40-26)18-42(7)31(45)47-32(2,3)4/h9-13,15,17,30,44H,14,16,18H2,1-8H3. The van der Waals surface area contributed by atoms with Crippen LogP contribution < -0.4 is 4.74 Å². The van der Waals surface area contributed by atoms with Crippen LogP contribution in [0.15, 0.2) is 42.6 Å². The Morgan fingerprint density at radius 2 is 1.74 bits per heavy atom. The third-order valence-electron chi connectivity index (χ3n) is 8.07. The summed E-state index contributed by atoms with van der Waals surface area (Å²) in [6, 6.07) is 9.21. The van der Waals surface area contributed by atoms with Crippen LogP contribution in [0.3, 0.4) is 0 Å². The summed E-state index contributed by atoms with van der Waals surface area (Å²) in [7, 11) is 3.14. The number of nitrogens with zero attached hydrogens (tertiary/aromatic N) is 4. The molecule has 8 nitrogen and oxygen atoms in total. The van der Waals surface area contributed by atoms with Gasteiger partial charge in [0.25, 0.3) is 0 Å². The SMILES string of the molecule is Cc1c(CCOc2c(-c3ccc4nccc(CN(C)C(=O)OC(C)(C)C)c4c3)ccc(F)c2F)c(C(O)C(C)(C)C(F)(F)F)nn1C. The highest BCUT2D eigenvalue weighted by Gasteiger charge is 2.53. The maximum Gasteiger partial charge on any atom is 0.410 e. The molecule has 1 atom stereocenters. The van der Waals surface area contributed by atoms with E-state index in [9.17, 15) is 27.5 Å². The molecule has 1 amide bonds. The molecule has 2 aromatic carbocycles. The number of aliphatic hydroxyl groups excluding tert-OH is 1. The third-order valence-corrected chi connectivity index (χ3v) is 8.07. The summed E-state index contributed by atoms with van der Waals surface area (Å²) in [5.41, 5.74) is -0.512. The lowest BCUT2D eigenvalue weighted by molar-refractivity contribution is -0.243. The summed E-state index contributed by atoms with van der Waals surface area (Å²) in [5.74, 6) is -2.77. The second-order valence-electron chi connectivity index (χ2n) is 13.1. The molecule has 4 aromatic rings. The molecule has 4 rings (SSSR count). The van der Waals surface area contributed by atoms with Gasteiger partial charge in [-0.05, 0) is 83.0 Å². The van der Waals surface area contributed by atoms with Gasteiger partial charge in [-0.15, -0.1) is 0 Å². The molecule has 0 aliphatic rings. The number of benzene rings is 2. The maximum atomic E-state index is 15.3. The predicted octanol–water partition coefficient (Wildman–Crippen LogP) is 7.83. The molecule has 0 saturated heterocycles. The van der Waals surface area contributed by atoms with E-state index in [-0.39, 0.29) is 36.6 Å². The smallest absolute Gasteiger partial charge is 0.410 e. The normalized spacial score (nSPS) is 13.1. The fourth-order valence-electron chi connectivity index (χ4n) is 5.03. The number of pyridine rings is 1. The number of aryl methyl sites for hydroxylation is 1. The van der Waals surface area contributed by atoms with E-state index in [1.54, 1.807) is 65.2 Å². The third kappa shape index (κ3) is 7.50. The molecule has 0 fully saturated rings. The Morgan fingerprint density at radius 3 is 2.38 bits per heavy atom. The summed E-state index contributed by atoms with van der Waals surface area (Å²) >= 11 is 0. The van der Waals surface area contributed by atoms with Crippen molar-refractivity contribution in [3.8, 4) is 16.9 Å². The van der Waals surface area contributed by atoms with Gasteiger partial charge in [0.1, 0.15) is 11.7 Å². The van der Waals surface area contributed by atoms with Gasteiger partial charge in [-0.2, -0.15) is 22.7 Å². The largest absolute Gasteiger partial charge is 0.489 e. The zero-order valence-electron chi connectivity index (χ0n) is 27.6. The molecule has 0 saturated carbocycles. The van der Waals surface area contributed by atoms with Crippen molar-refractivity contribution in [3.63, 3.8) is 0 Å². The van der Waals surface area contributed by atoms with Crippen LogP contribution in [0, 0.1) is 24.0 Å². The van der Waals surface area contributed by atoms with Gasteiger partial charge >= 0.3 is 12.3 Å². The zero-order valence-corrected chi connectivity index (χ0v) is 27.6. The van der Waals surface area contributed by atoms with E-state index in [1.165, 1.54) is 22.7 Å². The molecule has 2 heterocycles. The fourth-order valence-corrected chi connectivity index (χ4v) is 5.03. The van der Waals surface area contributed by atoms with Crippen LogP contribution in [0.4, 0.5) is 26.7 Å². The first-order valence-electron chi connectivity index (χ1n) is 14.9. The molecule has 0 spiro atoms. The number of rotatable bonds is 9. The molecule has 1 unspecified atom stereocenters. The number of aromatic nitrogens is 3. The number of hydrogen-bond acceptors (Lipinski definition) is 6. The highest BCUT2D eigenvalue weighted by Crippen LogP contribution is 2.47. The summed E-state index contributed by atoms with van der Waals surface area (Å²) in [4.78, 5) is 18.4. The van der Waals surface area contributed by atoms with Crippen LogP contribution >= 0.6 is 0 Å². The summed E-state index contributed by atoms with van der Waals surface area (Å²) in [6.07, 6.45) is -5.65. The van der Waals surface area contributed by atoms with Crippen LogP contribution in [0.5, 0.6) is 5.75 Å². The zero-order chi connectivity index (χ0) is 35.1. The first-order valence-corrected chi connectivity index (χ1v) is 14.9. The Bertz CT molecular complexity index is 1780. The summed E-state index contributed by atoms with van der Waals surface area (Å²) < 4.78 is 83.6. The average molecular weight is 663 g/mol. The van der Waals surface area contributed by atoms with Crippen LogP contribution in [-0.4, -0.2) is 56.3 Å². The number of carbonyl (C=O) groups is 1. The highest BCUT2D eigenvalue weighted by atomic mass is 19.4. The molecule has 0 radical (unpaired) electrons. The van der Waals surface area contributed by atoms with Crippen molar-refractivity contribution in [2.75, 3.05) is 13.7 Å². The molecular formula is C34H39F5N4O4. The van der Waals surface area contributed by atoms with Crippen LogP contribution in [0.25, 0.3) is 22.0 Å². The Kier molecular flexibility index (Phi) is 9.92. The number of aliphatic hydroxyl groups is 1. The number of hydrogen-bond donors (Lipinski definition) is 1. The van der Waals surface area contributed by atoms with E-state index in [0.717, 1.165) is 25.5 Å². The number of amides is 1. The van der Waals surface area contributed by atoms with Crippen molar-refractivity contribution >= 4 is 17.0 Å². The quantitative estimate of drug-likeness (QED) is 0.184. The molecule has 254 valence electrons. The molecule has 0 aliphatic carbocycles. The molecule has 0 aliphatic heterocycles. The van der Waals surface area contributed by atoms with Gasteiger partial charge in [0.2, 0.25) is 5.82 Å². The molecule has 0 bridgehead atoms. The summed E-state index contributed by atoms with van der Waals surface area (Å²) in [6.45, 7) is 8.63. The molecular weight excluding hydrogens is 623 g/mol. The fraction of sp³-hybridized carbons (Fsp3) is 0.441. The Balaban J connectivity index is 1.65. The van der Waals surface area contributed by atoms with Crippen molar-refractivity contribution in [1.29, 1.82) is 0 Å². The van der Waals surface area contributed by atoms with Crippen molar-refractivity contribution in [1.82, 2.24) is 19.7 Å². The molecule has 1 N–H and O–H groups in total. The van der Waals surface area contributed by atoms with E-state index in [4.69, 9.17) is 9.47 Å². The van der Waals surface area contributed by atoms with Gasteiger partial charge in [-0.1, -0.05) is 6.07 Å². The Morgan fingerprint density at radius 1 is 1.06 bits per heavy atom. The lowest BCUT2D eigenvalue weighted by Gasteiger charge is -2.32. The van der Waals surface area contributed by atoms with E-state index in [1.807, 2.05) is 0 Å². The van der Waals surface area contributed by atoms with E-state index >= 15 is 4.39 Å². The Hall–Kier alpha value is -4.26. The number of alkyl halides is 3. The van der Waals surface area contributed by atoms with Gasteiger partial charge in [-0.3, -0.25) is 9.67 Å². The van der Waals surface area contributed by atoms with Crippen molar-refractivity contribution in [2.45, 2.75) is 72.4 Å². The minimum atomic E-state index is -4.72. The predicted molar refractivity (Wildman–Crippen MR) is 167 cm³/mol. The van der Waals surface area contributed by atoms with Crippen LogP contribution in [0.2, 0.25) is 0 Å². The van der Waals surface area contributed by atoms with Gasteiger partial charge in [0.05, 0.1) is 23.2 Å².